The Morgan fingerprint density at radius 2 is 1.58 bits per heavy atom. The molecule has 1 aliphatic rings. The Kier molecular flexibility index (Phi) is 15.6. The third kappa shape index (κ3) is 27.0. The zero-order chi connectivity index (χ0) is 15.3. The predicted molar refractivity (Wildman–Crippen MR) is 88.6 cm³/mol. The van der Waals surface area contributed by atoms with Gasteiger partial charge in [-0.15, -0.1) is 6.58 Å². The molecule has 1 nitrogen and oxygen atoms in total. The fraction of sp³-hybridized carbons (Fsp3) is 0.889. The van der Waals surface area contributed by atoms with E-state index in [1.54, 1.807) is 0 Å². The van der Waals surface area contributed by atoms with Gasteiger partial charge in [-0.2, -0.15) is 0 Å². The van der Waals surface area contributed by atoms with Crippen LogP contribution in [0, 0.1) is 17.8 Å². The fourth-order valence-corrected chi connectivity index (χ4v) is 1.64. The van der Waals surface area contributed by atoms with Crippen LogP contribution in [0.1, 0.15) is 74.1 Å². The number of hydrogen-bond acceptors (Lipinski definition) is 1. The molecule has 0 bridgehead atoms. The molecule has 1 rings (SSSR count). The smallest absolute Gasteiger partial charge is 0.0812 e. The van der Waals surface area contributed by atoms with Crippen molar-refractivity contribution in [3.8, 4) is 0 Å². The molecular weight excluding hydrogens is 232 g/mol. The van der Waals surface area contributed by atoms with Gasteiger partial charge in [-0.3, -0.25) is 0 Å². The molecule has 1 aliphatic heterocycles. The molecule has 0 saturated carbocycles. The van der Waals surface area contributed by atoms with Gasteiger partial charge in [0.15, 0.2) is 0 Å². The Labute approximate surface area is 122 Å². The van der Waals surface area contributed by atoms with E-state index >= 15 is 0 Å². The van der Waals surface area contributed by atoms with Crippen molar-refractivity contribution >= 4 is 0 Å². The third-order valence-electron chi connectivity index (χ3n) is 2.64. The van der Waals surface area contributed by atoms with Crippen molar-refractivity contribution in [3.05, 3.63) is 12.7 Å². The van der Waals surface area contributed by atoms with Crippen molar-refractivity contribution in [1.29, 1.82) is 0 Å². The van der Waals surface area contributed by atoms with Crippen LogP contribution in [0.25, 0.3) is 0 Å². The van der Waals surface area contributed by atoms with Gasteiger partial charge in [-0.25, -0.2) is 0 Å². The van der Waals surface area contributed by atoms with Crippen LogP contribution in [0.5, 0.6) is 0 Å². The highest BCUT2D eigenvalue weighted by Crippen LogP contribution is 2.17. The van der Waals surface area contributed by atoms with E-state index in [9.17, 15) is 0 Å². The van der Waals surface area contributed by atoms with Gasteiger partial charge in [0.1, 0.15) is 0 Å². The lowest BCUT2D eigenvalue weighted by Crippen LogP contribution is -1.92. The number of allylic oxidation sites excluding steroid dienone is 1. The standard InChI is InChI=1S/C6H12O.C6H14.C6H12/c1-5(2)3-6-4-7-6;2*1-4-5-6(2)3/h5-6H,3-4H2,1-2H3;6H,4-5H2,1-3H3;4,6H,1,5H2,2-3H3. The van der Waals surface area contributed by atoms with Crippen LogP contribution in [0.4, 0.5) is 0 Å². The van der Waals surface area contributed by atoms with Crippen LogP contribution in [0.2, 0.25) is 0 Å². The summed E-state index contributed by atoms with van der Waals surface area (Å²) in [5.41, 5.74) is 0. The van der Waals surface area contributed by atoms with E-state index in [2.05, 4.69) is 55.0 Å². The number of hydrogen-bond donors (Lipinski definition) is 0. The van der Waals surface area contributed by atoms with Gasteiger partial charge in [0, 0.05) is 0 Å². The molecule has 0 aliphatic carbocycles. The van der Waals surface area contributed by atoms with Gasteiger partial charge in [-0.1, -0.05) is 67.4 Å². The molecule has 1 heterocycles. The number of epoxide rings is 1. The van der Waals surface area contributed by atoms with E-state index in [1.807, 2.05) is 6.08 Å². The number of rotatable bonds is 6. The van der Waals surface area contributed by atoms with Crippen molar-refractivity contribution in [2.45, 2.75) is 80.3 Å². The zero-order valence-corrected chi connectivity index (χ0v) is 14.5. The Hall–Kier alpha value is -0.300. The van der Waals surface area contributed by atoms with E-state index in [1.165, 1.54) is 19.3 Å². The molecule has 0 N–H and O–H groups in total. The third-order valence-corrected chi connectivity index (χ3v) is 2.64. The van der Waals surface area contributed by atoms with Gasteiger partial charge >= 0.3 is 0 Å². The van der Waals surface area contributed by atoms with Crippen molar-refractivity contribution in [2.24, 2.45) is 17.8 Å². The first kappa shape index (κ1) is 21.0. The minimum absolute atomic E-state index is 0.625. The first-order chi connectivity index (χ1) is 8.83. The average Bonchev–Trinajstić information content (AvgIpc) is 3.01. The first-order valence-electron chi connectivity index (χ1n) is 8.05. The summed E-state index contributed by atoms with van der Waals surface area (Å²) in [5, 5.41) is 0. The normalized spacial score (nSPS) is 16.6. The molecule has 1 fully saturated rings. The highest BCUT2D eigenvalue weighted by atomic mass is 16.6. The fourth-order valence-electron chi connectivity index (χ4n) is 1.64. The molecule has 19 heavy (non-hydrogen) atoms. The van der Waals surface area contributed by atoms with E-state index in [4.69, 9.17) is 4.74 Å². The Bertz CT molecular complexity index is 178. The molecule has 0 aromatic rings. The summed E-state index contributed by atoms with van der Waals surface area (Å²) < 4.78 is 5.02. The molecule has 116 valence electrons. The largest absolute Gasteiger partial charge is 0.373 e. The molecule has 1 atom stereocenters. The topological polar surface area (TPSA) is 12.5 Å². The summed E-state index contributed by atoms with van der Waals surface area (Å²) in [5.74, 6) is 2.49. The quantitative estimate of drug-likeness (QED) is 0.420. The average molecular weight is 271 g/mol. The zero-order valence-electron chi connectivity index (χ0n) is 14.5. The predicted octanol–water partition coefficient (Wildman–Crippen LogP) is 6.09. The van der Waals surface area contributed by atoms with E-state index in [0.717, 1.165) is 30.8 Å². The molecule has 1 unspecified atom stereocenters. The molecule has 1 saturated heterocycles. The van der Waals surface area contributed by atoms with Crippen molar-refractivity contribution in [3.63, 3.8) is 0 Å². The minimum Gasteiger partial charge on any atom is -0.373 e. The molecule has 0 aromatic heterocycles. The Morgan fingerprint density at radius 1 is 1.05 bits per heavy atom. The lowest BCUT2D eigenvalue weighted by atomic mass is 10.1. The molecule has 0 aromatic carbocycles. The maximum absolute atomic E-state index is 5.02. The van der Waals surface area contributed by atoms with E-state index in [-0.39, 0.29) is 0 Å². The maximum Gasteiger partial charge on any atom is 0.0812 e. The minimum atomic E-state index is 0.625. The van der Waals surface area contributed by atoms with Gasteiger partial charge < -0.3 is 4.74 Å². The maximum atomic E-state index is 5.02. The highest BCUT2D eigenvalue weighted by molar-refractivity contribution is 4.69. The van der Waals surface area contributed by atoms with Gasteiger partial charge in [0.2, 0.25) is 0 Å². The van der Waals surface area contributed by atoms with Crippen LogP contribution in [0.15, 0.2) is 12.7 Å². The molecule has 0 radical (unpaired) electrons. The van der Waals surface area contributed by atoms with Crippen LogP contribution in [-0.4, -0.2) is 12.7 Å². The monoisotopic (exact) mass is 270 g/mol. The second-order valence-electron chi connectivity index (χ2n) is 6.69. The number of ether oxygens (including phenoxy) is 1. The molecule has 0 amide bonds. The van der Waals surface area contributed by atoms with Gasteiger partial charge in [0.25, 0.3) is 0 Å². The van der Waals surface area contributed by atoms with Crippen LogP contribution < -0.4 is 0 Å². The van der Waals surface area contributed by atoms with Crippen molar-refractivity contribution in [2.75, 3.05) is 6.61 Å². The van der Waals surface area contributed by atoms with Crippen LogP contribution in [0.3, 0.4) is 0 Å². The van der Waals surface area contributed by atoms with Gasteiger partial charge in [0.05, 0.1) is 12.7 Å². The summed E-state index contributed by atoms with van der Waals surface area (Å²) in [7, 11) is 0. The second kappa shape index (κ2) is 14.1. The summed E-state index contributed by atoms with van der Waals surface area (Å²) in [4.78, 5) is 0. The summed E-state index contributed by atoms with van der Waals surface area (Å²) in [6.45, 7) is 20.2. The van der Waals surface area contributed by atoms with Crippen molar-refractivity contribution in [1.82, 2.24) is 0 Å². The van der Waals surface area contributed by atoms with Crippen molar-refractivity contribution < 1.29 is 4.74 Å². The lowest BCUT2D eigenvalue weighted by Gasteiger charge is -1.95. The second-order valence-corrected chi connectivity index (χ2v) is 6.69. The molecule has 0 spiro atoms. The lowest BCUT2D eigenvalue weighted by molar-refractivity contribution is 0.370. The van der Waals surface area contributed by atoms with E-state index < -0.39 is 0 Å². The molecule has 1 heteroatoms. The van der Waals surface area contributed by atoms with E-state index in [0.29, 0.717) is 6.10 Å². The summed E-state index contributed by atoms with van der Waals surface area (Å²) in [6, 6.07) is 0. The van der Waals surface area contributed by atoms with Crippen LogP contribution in [-0.2, 0) is 4.74 Å². The van der Waals surface area contributed by atoms with Gasteiger partial charge in [-0.05, 0) is 30.6 Å². The van der Waals surface area contributed by atoms with Crippen LogP contribution >= 0.6 is 0 Å². The summed E-state index contributed by atoms with van der Waals surface area (Å²) in [6.07, 6.45) is 7.67. The highest BCUT2D eigenvalue weighted by Gasteiger charge is 2.22. The Morgan fingerprint density at radius 3 is 1.63 bits per heavy atom. The Balaban J connectivity index is 0. The molecular formula is C18H38O. The SMILES string of the molecule is C=CCC(C)C.CC(C)CC1CO1.CCCC(C)C. The first-order valence-corrected chi connectivity index (χ1v) is 8.05. The summed E-state index contributed by atoms with van der Waals surface area (Å²) >= 11 is 0.